The highest BCUT2D eigenvalue weighted by molar-refractivity contribution is 6.32. The quantitative estimate of drug-likeness (QED) is 0.918. The second kappa shape index (κ2) is 5.64. The van der Waals surface area contributed by atoms with Crippen molar-refractivity contribution in [3.63, 3.8) is 0 Å². The molecule has 100 valence electrons. The van der Waals surface area contributed by atoms with Crippen LogP contribution >= 0.6 is 11.6 Å². The van der Waals surface area contributed by atoms with Crippen LogP contribution < -0.4 is 10.5 Å². The molecule has 0 fully saturated rings. The Labute approximate surface area is 119 Å². The van der Waals surface area contributed by atoms with E-state index in [2.05, 4.69) is 32.0 Å². The Kier molecular flexibility index (Phi) is 4.13. The molecule has 0 radical (unpaired) electrons. The molecule has 0 aliphatic carbocycles. The van der Waals surface area contributed by atoms with Crippen LogP contribution in [-0.2, 0) is 0 Å². The van der Waals surface area contributed by atoms with Gasteiger partial charge in [0, 0.05) is 0 Å². The monoisotopic (exact) mass is 275 g/mol. The van der Waals surface area contributed by atoms with E-state index in [9.17, 15) is 0 Å². The van der Waals surface area contributed by atoms with E-state index in [1.807, 2.05) is 18.2 Å². The lowest BCUT2D eigenvalue weighted by Gasteiger charge is -2.15. The minimum absolute atomic E-state index is 0.179. The molecule has 0 saturated heterocycles. The number of hydrogen-bond acceptors (Lipinski definition) is 2. The molecule has 0 bridgehead atoms. The maximum absolute atomic E-state index is 6.32. The molecule has 19 heavy (non-hydrogen) atoms. The van der Waals surface area contributed by atoms with Gasteiger partial charge in [-0.1, -0.05) is 47.0 Å². The number of halogens is 1. The number of aryl methyl sites for hydroxylation is 2. The van der Waals surface area contributed by atoms with Crippen molar-refractivity contribution in [2.45, 2.75) is 19.9 Å². The van der Waals surface area contributed by atoms with Crippen LogP contribution in [0, 0.1) is 13.8 Å². The Morgan fingerprint density at radius 2 is 1.63 bits per heavy atom. The minimum atomic E-state index is -0.179. The van der Waals surface area contributed by atoms with Crippen molar-refractivity contribution in [3.8, 4) is 5.75 Å². The predicted molar refractivity (Wildman–Crippen MR) is 80.0 cm³/mol. The Morgan fingerprint density at radius 1 is 1.00 bits per heavy atom. The molecule has 0 spiro atoms. The van der Waals surface area contributed by atoms with Crippen LogP contribution in [0.2, 0.25) is 5.02 Å². The number of hydrogen-bond donors (Lipinski definition) is 1. The highest BCUT2D eigenvalue weighted by Gasteiger charge is 2.12. The zero-order valence-corrected chi connectivity index (χ0v) is 12.2. The first kappa shape index (κ1) is 13.9. The zero-order chi connectivity index (χ0) is 14.0. The fourth-order valence-electron chi connectivity index (χ4n) is 2.26. The van der Waals surface area contributed by atoms with Crippen molar-refractivity contribution < 1.29 is 4.74 Å². The van der Waals surface area contributed by atoms with Crippen molar-refractivity contribution in [3.05, 3.63) is 63.7 Å². The molecular weight excluding hydrogens is 258 g/mol. The third-order valence-electron chi connectivity index (χ3n) is 3.14. The van der Waals surface area contributed by atoms with Gasteiger partial charge in [0.25, 0.3) is 0 Å². The van der Waals surface area contributed by atoms with Gasteiger partial charge in [-0.05, 0) is 37.1 Å². The van der Waals surface area contributed by atoms with E-state index in [1.54, 1.807) is 7.11 Å². The first-order valence-electron chi connectivity index (χ1n) is 6.18. The average Bonchev–Trinajstić information content (AvgIpc) is 2.36. The summed E-state index contributed by atoms with van der Waals surface area (Å²) >= 11 is 6.14. The summed E-state index contributed by atoms with van der Waals surface area (Å²) in [4.78, 5) is 0. The first-order chi connectivity index (χ1) is 9.01. The molecule has 0 heterocycles. The molecule has 0 aromatic heterocycles. The summed E-state index contributed by atoms with van der Waals surface area (Å²) < 4.78 is 5.15. The summed E-state index contributed by atoms with van der Waals surface area (Å²) in [6, 6.07) is 11.8. The van der Waals surface area contributed by atoms with E-state index in [-0.39, 0.29) is 6.04 Å². The summed E-state index contributed by atoms with van der Waals surface area (Å²) in [5.41, 5.74) is 10.8. The number of nitrogens with two attached hydrogens (primary N) is 1. The smallest absolute Gasteiger partial charge is 0.137 e. The first-order valence-corrected chi connectivity index (χ1v) is 6.56. The second-order valence-electron chi connectivity index (χ2n) is 4.79. The van der Waals surface area contributed by atoms with Crippen molar-refractivity contribution in [1.29, 1.82) is 0 Å². The molecule has 0 aliphatic rings. The third-order valence-corrected chi connectivity index (χ3v) is 3.43. The summed E-state index contributed by atoms with van der Waals surface area (Å²) in [5.74, 6) is 0.665. The van der Waals surface area contributed by atoms with Crippen LogP contribution in [0.5, 0.6) is 5.75 Å². The van der Waals surface area contributed by atoms with Crippen LogP contribution in [0.25, 0.3) is 0 Å². The van der Waals surface area contributed by atoms with Crippen LogP contribution in [0.3, 0.4) is 0 Å². The highest BCUT2D eigenvalue weighted by Crippen LogP contribution is 2.29. The lowest BCUT2D eigenvalue weighted by Crippen LogP contribution is -2.12. The fraction of sp³-hybridized carbons (Fsp3) is 0.250. The third kappa shape index (κ3) is 3.09. The number of benzene rings is 2. The molecular formula is C16H18ClNO. The van der Waals surface area contributed by atoms with E-state index in [0.717, 1.165) is 11.1 Å². The van der Waals surface area contributed by atoms with Gasteiger partial charge in [-0.25, -0.2) is 0 Å². The van der Waals surface area contributed by atoms with Crippen LogP contribution in [-0.4, -0.2) is 7.11 Å². The van der Waals surface area contributed by atoms with Crippen molar-refractivity contribution >= 4 is 11.6 Å². The average molecular weight is 276 g/mol. The van der Waals surface area contributed by atoms with Gasteiger partial charge < -0.3 is 10.5 Å². The van der Waals surface area contributed by atoms with Crippen LogP contribution in [0.15, 0.2) is 36.4 Å². The predicted octanol–water partition coefficient (Wildman–Crippen LogP) is 4.01. The molecule has 0 amide bonds. The molecule has 2 rings (SSSR count). The summed E-state index contributed by atoms with van der Waals surface area (Å²) in [6.45, 7) is 4.15. The maximum Gasteiger partial charge on any atom is 0.137 e. The lowest BCUT2D eigenvalue weighted by molar-refractivity contribution is 0.415. The minimum Gasteiger partial charge on any atom is -0.495 e. The van der Waals surface area contributed by atoms with Gasteiger partial charge in [0.05, 0.1) is 18.2 Å². The van der Waals surface area contributed by atoms with Gasteiger partial charge >= 0.3 is 0 Å². The Morgan fingerprint density at radius 3 is 2.16 bits per heavy atom. The van der Waals surface area contributed by atoms with E-state index >= 15 is 0 Å². The molecule has 2 aromatic carbocycles. The maximum atomic E-state index is 6.32. The summed E-state index contributed by atoms with van der Waals surface area (Å²) in [7, 11) is 1.60. The SMILES string of the molecule is COc1ccc(C(N)c2cc(C)cc(C)c2)cc1Cl. The lowest BCUT2D eigenvalue weighted by atomic mass is 9.96. The fourth-order valence-corrected chi connectivity index (χ4v) is 2.52. The number of methoxy groups -OCH3 is 1. The van der Waals surface area contributed by atoms with Gasteiger partial charge in [0.15, 0.2) is 0 Å². The van der Waals surface area contributed by atoms with Gasteiger partial charge in [0.1, 0.15) is 5.75 Å². The molecule has 2 N–H and O–H groups in total. The van der Waals surface area contributed by atoms with Gasteiger partial charge in [-0.3, -0.25) is 0 Å². The second-order valence-corrected chi connectivity index (χ2v) is 5.20. The van der Waals surface area contributed by atoms with Crippen LogP contribution in [0.4, 0.5) is 0 Å². The molecule has 1 atom stereocenters. The largest absolute Gasteiger partial charge is 0.495 e. The number of ether oxygens (including phenoxy) is 1. The van der Waals surface area contributed by atoms with E-state index < -0.39 is 0 Å². The van der Waals surface area contributed by atoms with Gasteiger partial charge in [-0.2, -0.15) is 0 Å². The normalized spacial score (nSPS) is 12.3. The molecule has 0 aliphatic heterocycles. The zero-order valence-electron chi connectivity index (χ0n) is 11.4. The highest BCUT2D eigenvalue weighted by atomic mass is 35.5. The summed E-state index contributed by atoms with van der Waals surface area (Å²) in [6.07, 6.45) is 0. The summed E-state index contributed by atoms with van der Waals surface area (Å²) in [5, 5.41) is 0.583. The van der Waals surface area contributed by atoms with Crippen LogP contribution in [0.1, 0.15) is 28.3 Å². The standard InChI is InChI=1S/C16H18ClNO/c1-10-6-11(2)8-13(7-10)16(18)12-4-5-15(19-3)14(17)9-12/h4-9,16H,18H2,1-3H3. The molecule has 2 aromatic rings. The molecule has 0 saturated carbocycles. The van der Waals surface area contributed by atoms with Crippen molar-refractivity contribution in [2.24, 2.45) is 5.73 Å². The molecule has 2 nitrogen and oxygen atoms in total. The Balaban J connectivity index is 2.38. The molecule has 3 heteroatoms. The van der Waals surface area contributed by atoms with Gasteiger partial charge in [0.2, 0.25) is 0 Å². The van der Waals surface area contributed by atoms with E-state index in [1.165, 1.54) is 11.1 Å². The molecule has 1 unspecified atom stereocenters. The van der Waals surface area contributed by atoms with Crippen molar-refractivity contribution in [1.82, 2.24) is 0 Å². The topological polar surface area (TPSA) is 35.2 Å². The van der Waals surface area contributed by atoms with Gasteiger partial charge in [-0.15, -0.1) is 0 Å². The Hall–Kier alpha value is -1.51. The van der Waals surface area contributed by atoms with E-state index in [0.29, 0.717) is 10.8 Å². The Bertz CT molecular complexity index is 575. The number of rotatable bonds is 3. The van der Waals surface area contributed by atoms with E-state index in [4.69, 9.17) is 22.1 Å². The van der Waals surface area contributed by atoms with Crippen molar-refractivity contribution in [2.75, 3.05) is 7.11 Å².